The largest absolute Gasteiger partial charge is 0.454 e. The minimum Gasteiger partial charge on any atom is -0.454 e. The van der Waals surface area contributed by atoms with E-state index in [0.717, 1.165) is 35.1 Å². The van der Waals surface area contributed by atoms with Crippen LogP contribution in [-0.4, -0.2) is 32.8 Å². The van der Waals surface area contributed by atoms with E-state index in [1.165, 1.54) is 0 Å². The van der Waals surface area contributed by atoms with Crippen molar-refractivity contribution in [2.75, 3.05) is 12.5 Å². The highest BCUT2D eigenvalue weighted by molar-refractivity contribution is 7.99. The topological polar surface area (TPSA) is 88.1 Å². The van der Waals surface area contributed by atoms with Crippen molar-refractivity contribution >= 4 is 11.8 Å². The highest BCUT2D eigenvalue weighted by atomic mass is 32.2. The van der Waals surface area contributed by atoms with E-state index in [2.05, 4.69) is 15.5 Å². The van der Waals surface area contributed by atoms with Gasteiger partial charge in [0, 0.05) is 11.8 Å². The SMILES string of the molecule is NC(CSc1nnnn1C1CC1)c1ccc2c(c1)OCO2. The number of thioether (sulfide) groups is 1. The first kappa shape index (κ1) is 12.9. The Balaban J connectivity index is 1.43. The fourth-order valence-electron chi connectivity index (χ4n) is 2.23. The van der Waals surface area contributed by atoms with Crippen LogP contribution in [0.5, 0.6) is 11.5 Å². The van der Waals surface area contributed by atoms with Crippen molar-refractivity contribution in [3.8, 4) is 11.5 Å². The Kier molecular flexibility index (Phi) is 3.19. The van der Waals surface area contributed by atoms with E-state index in [1.54, 1.807) is 11.8 Å². The number of fused-ring (bicyclic) bond motifs is 1. The lowest BCUT2D eigenvalue weighted by molar-refractivity contribution is 0.174. The van der Waals surface area contributed by atoms with Gasteiger partial charge in [0.05, 0.1) is 6.04 Å². The van der Waals surface area contributed by atoms with Crippen molar-refractivity contribution in [3.05, 3.63) is 23.8 Å². The smallest absolute Gasteiger partial charge is 0.231 e. The van der Waals surface area contributed by atoms with Crippen LogP contribution in [0.25, 0.3) is 0 Å². The fraction of sp³-hybridized carbons (Fsp3) is 0.462. The molecule has 0 amide bonds. The number of nitrogens with zero attached hydrogens (tertiary/aromatic N) is 4. The molecule has 1 aromatic carbocycles. The first-order chi connectivity index (χ1) is 10.3. The van der Waals surface area contributed by atoms with Gasteiger partial charge >= 0.3 is 0 Å². The van der Waals surface area contributed by atoms with E-state index in [9.17, 15) is 0 Å². The maximum Gasteiger partial charge on any atom is 0.231 e. The molecule has 7 nitrogen and oxygen atoms in total. The summed E-state index contributed by atoms with van der Waals surface area (Å²) in [6.45, 7) is 0.277. The summed E-state index contributed by atoms with van der Waals surface area (Å²) in [6, 6.07) is 6.19. The van der Waals surface area contributed by atoms with Crippen LogP contribution in [-0.2, 0) is 0 Å². The third-order valence-electron chi connectivity index (χ3n) is 3.57. The minimum absolute atomic E-state index is 0.103. The van der Waals surface area contributed by atoms with Crippen LogP contribution < -0.4 is 15.2 Å². The second kappa shape index (κ2) is 5.19. The Morgan fingerprint density at radius 3 is 3.05 bits per heavy atom. The molecule has 1 atom stereocenters. The maximum absolute atomic E-state index is 6.25. The van der Waals surface area contributed by atoms with Crippen molar-refractivity contribution in [3.63, 3.8) is 0 Å². The second-order valence-corrected chi connectivity index (χ2v) is 6.15. The number of benzene rings is 1. The van der Waals surface area contributed by atoms with E-state index in [0.29, 0.717) is 11.8 Å². The zero-order chi connectivity index (χ0) is 14.2. The molecule has 2 aliphatic rings. The summed E-state index contributed by atoms with van der Waals surface area (Å²) in [4.78, 5) is 0. The molecule has 4 rings (SSSR count). The molecule has 1 unspecified atom stereocenters. The molecule has 110 valence electrons. The average molecular weight is 305 g/mol. The van der Waals surface area contributed by atoms with Gasteiger partial charge in [-0.2, -0.15) is 0 Å². The summed E-state index contributed by atoms with van der Waals surface area (Å²) in [6.07, 6.45) is 2.32. The molecule has 1 aliphatic heterocycles. The van der Waals surface area contributed by atoms with E-state index in [4.69, 9.17) is 15.2 Å². The Hall–Kier alpha value is -1.80. The van der Waals surface area contributed by atoms with Gasteiger partial charge in [-0.25, -0.2) is 4.68 Å². The minimum atomic E-state index is -0.103. The van der Waals surface area contributed by atoms with Crippen molar-refractivity contribution in [1.82, 2.24) is 20.2 Å². The maximum atomic E-state index is 6.25. The van der Waals surface area contributed by atoms with E-state index >= 15 is 0 Å². The summed E-state index contributed by atoms with van der Waals surface area (Å²) < 4.78 is 12.6. The highest BCUT2D eigenvalue weighted by Crippen LogP contribution is 2.37. The van der Waals surface area contributed by atoms with E-state index in [1.807, 2.05) is 22.9 Å². The number of rotatable bonds is 5. The lowest BCUT2D eigenvalue weighted by Crippen LogP contribution is -2.13. The molecule has 0 saturated heterocycles. The molecule has 0 bridgehead atoms. The molecule has 2 N–H and O–H groups in total. The fourth-order valence-corrected chi connectivity index (χ4v) is 3.17. The number of nitrogens with two attached hydrogens (primary N) is 1. The van der Waals surface area contributed by atoms with Gasteiger partial charge in [-0.1, -0.05) is 17.8 Å². The first-order valence-corrected chi connectivity index (χ1v) is 7.85. The van der Waals surface area contributed by atoms with Crippen LogP contribution in [0, 0.1) is 0 Å². The van der Waals surface area contributed by atoms with Crippen molar-refractivity contribution in [1.29, 1.82) is 0 Å². The van der Waals surface area contributed by atoms with Crippen molar-refractivity contribution in [2.45, 2.75) is 30.1 Å². The summed E-state index contributed by atoms with van der Waals surface area (Å²) in [5.41, 5.74) is 7.28. The quantitative estimate of drug-likeness (QED) is 0.838. The first-order valence-electron chi connectivity index (χ1n) is 6.87. The third-order valence-corrected chi connectivity index (χ3v) is 4.62. The molecule has 0 spiro atoms. The van der Waals surface area contributed by atoms with Gasteiger partial charge in [-0.3, -0.25) is 0 Å². The predicted molar refractivity (Wildman–Crippen MR) is 76.3 cm³/mol. The molecular weight excluding hydrogens is 290 g/mol. The standard InChI is InChI=1S/C13H15N5O2S/c14-10(8-1-4-11-12(5-8)20-7-19-11)6-21-13-15-16-17-18(13)9-2-3-9/h1,4-5,9-10H,2-3,6-7,14H2. The van der Waals surface area contributed by atoms with Gasteiger partial charge in [0.2, 0.25) is 11.9 Å². The van der Waals surface area contributed by atoms with Crippen LogP contribution in [0.2, 0.25) is 0 Å². The van der Waals surface area contributed by atoms with Crippen LogP contribution in [0.3, 0.4) is 0 Å². The number of hydrogen-bond donors (Lipinski definition) is 1. The molecule has 1 aliphatic carbocycles. The highest BCUT2D eigenvalue weighted by Gasteiger charge is 2.28. The van der Waals surface area contributed by atoms with Gasteiger partial charge in [0.15, 0.2) is 11.5 Å². The zero-order valence-corrected chi connectivity index (χ0v) is 12.1. The molecule has 2 heterocycles. The Labute approximate surface area is 125 Å². The molecule has 2 aromatic rings. The van der Waals surface area contributed by atoms with Crippen molar-refractivity contribution < 1.29 is 9.47 Å². The molecular formula is C13H15N5O2S. The second-order valence-electron chi connectivity index (χ2n) is 5.17. The van der Waals surface area contributed by atoms with Crippen LogP contribution in [0.4, 0.5) is 0 Å². The van der Waals surface area contributed by atoms with Gasteiger partial charge in [-0.15, -0.1) is 5.10 Å². The van der Waals surface area contributed by atoms with Crippen LogP contribution in [0.1, 0.15) is 30.5 Å². The van der Waals surface area contributed by atoms with Gasteiger partial charge in [-0.05, 0) is 41.0 Å². The Morgan fingerprint density at radius 1 is 1.33 bits per heavy atom. The summed E-state index contributed by atoms with van der Waals surface area (Å²) in [5.74, 6) is 2.25. The normalized spacial score (nSPS) is 18.0. The van der Waals surface area contributed by atoms with E-state index in [-0.39, 0.29) is 12.8 Å². The molecule has 1 aromatic heterocycles. The Bertz CT molecular complexity index is 658. The lowest BCUT2D eigenvalue weighted by atomic mass is 10.1. The Morgan fingerprint density at radius 2 is 2.19 bits per heavy atom. The van der Waals surface area contributed by atoms with Crippen LogP contribution >= 0.6 is 11.8 Å². The molecule has 0 radical (unpaired) electrons. The molecule has 1 saturated carbocycles. The number of ether oxygens (including phenoxy) is 2. The predicted octanol–water partition coefficient (Wildman–Crippen LogP) is 1.53. The average Bonchev–Trinajstić information content (AvgIpc) is 3.06. The zero-order valence-electron chi connectivity index (χ0n) is 11.3. The molecule has 21 heavy (non-hydrogen) atoms. The van der Waals surface area contributed by atoms with Gasteiger partial charge in [0.1, 0.15) is 0 Å². The van der Waals surface area contributed by atoms with Gasteiger partial charge in [0.25, 0.3) is 0 Å². The van der Waals surface area contributed by atoms with Gasteiger partial charge < -0.3 is 15.2 Å². The lowest BCUT2D eigenvalue weighted by Gasteiger charge is -2.12. The molecule has 1 fully saturated rings. The third kappa shape index (κ3) is 2.56. The molecule has 8 heteroatoms. The number of hydrogen-bond acceptors (Lipinski definition) is 7. The number of tetrazole rings is 1. The van der Waals surface area contributed by atoms with Crippen LogP contribution in [0.15, 0.2) is 23.4 Å². The monoisotopic (exact) mass is 305 g/mol. The summed E-state index contributed by atoms with van der Waals surface area (Å²) in [5, 5.41) is 12.7. The summed E-state index contributed by atoms with van der Waals surface area (Å²) >= 11 is 1.59. The summed E-state index contributed by atoms with van der Waals surface area (Å²) in [7, 11) is 0. The number of aromatic nitrogens is 4. The van der Waals surface area contributed by atoms with Crippen molar-refractivity contribution in [2.24, 2.45) is 5.73 Å². The van der Waals surface area contributed by atoms with E-state index < -0.39 is 0 Å².